The number of benzene rings is 2. The van der Waals surface area contributed by atoms with Crippen molar-refractivity contribution in [1.29, 1.82) is 0 Å². The zero-order valence-electron chi connectivity index (χ0n) is 15.4. The number of hydrogen-bond donors (Lipinski definition) is 2. The maximum absolute atomic E-state index is 12.3. The van der Waals surface area contributed by atoms with Crippen molar-refractivity contribution in [1.82, 2.24) is 14.5 Å². The number of carboxylic acid groups (broad SMARTS) is 1. The van der Waals surface area contributed by atoms with Gasteiger partial charge < -0.3 is 15.2 Å². The molecule has 8 nitrogen and oxygen atoms in total. The molecule has 0 fully saturated rings. The molecule has 146 valence electrons. The molecule has 1 heterocycles. The fraction of sp³-hybridized carbons (Fsp3) is 0.250. The van der Waals surface area contributed by atoms with Crippen molar-refractivity contribution in [3.05, 3.63) is 64.6 Å². The minimum Gasteiger partial charge on any atom is -0.482 e. The number of ether oxygens (including phenoxy) is 1. The van der Waals surface area contributed by atoms with E-state index in [4.69, 9.17) is 9.84 Å². The molecule has 0 bridgehead atoms. The first-order valence-electron chi connectivity index (χ1n) is 8.80. The van der Waals surface area contributed by atoms with E-state index in [1.807, 2.05) is 36.4 Å². The van der Waals surface area contributed by atoms with Crippen LogP contribution in [0, 0.1) is 0 Å². The predicted molar refractivity (Wildman–Crippen MR) is 103 cm³/mol. The normalized spacial score (nSPS) is 10.8. The topological polar surface area (TPSA) is 103 Å². The van der Waals surface area contributed by atoms with Gasteiger partial charge in [-0.05, 0) is 36.2 Å². The highest BCUT2D eigenvalue weighted by molar-refractivity contribution is 5.80. The summed E-state index contributed by atoms with van der Waals surface area (Å²) in [5.41, 5.74) is 2.26. The molecule has 0 spiro atoms. The highest BCUT2D eigenvalue weighted by Crippen LogP contribution is 2.13. The Labute approximate surface area is 161 Å². The number of amides is 1. The number of para-hydroxylation sites is 2. The largest absolute Gasteiger partial charge is 0.482 e. The summed E-state index contributed by atoms with van der Waals surface area (Å²) < 4.78 is 8.06. The monoisotopic (exact) mass is 383 g/mol. The summed E-state index contributed by atoms with van der Waals surface area (Å²) in [6.07, 6.45) is 0.607. The number of carbonyl (C=O) groups excluding carboxylic acids is 1. The number of rotatable bonds is 8. The van der Waals surface area contributed by atoms with Gasteiger partial charge in [0.25, 0.3) is 0 Å². The number of fused-ring (bicyclic) bond motifs is 1. The molecule has 3 rings (SSSR count). The lowest BCUT2D eigenvalue weighted by Crippen LogP contribution is -2.33. The van der Waals surface area contributed by atoms with Crippen LogP contribution in [0.25, 0.3) is 11.0 Å². The molecule has 1 aromatic heterocycles. The SMILES string of the molecule is Cn1c(=O)n(CC(=O)NCCc2ccc(OCC(=O)O)cc2)c2ccccc21. The van der Waals surface area contributed by atoms with Crippen molar-refractivity contribution in [2.75, 3.05) is 13.2 Å². The quantitative estimate of drug-likeness (QED) is 0.608. The molecule has 0 aliphatic carbocycles. The molecule has 0 aliphatic heterocycles. The van der Waals surface area contributed by atoms with Gasteiger partial charge in [-0.3, -0.25) is 13.9 Å². The van der Waals surface area contributed by atoms with Gasteiger partial charge in [0.1, 0.15) is 12.3 Å². The van der Waals surface area contributed by atoms with Gasteiger partial charge in [-0.2, -0.15) is 0 Å². The minimum absolute atomic E-state index is 0.0395. The smallest absolute Gasteiger partial charge is 0.341 e. The van der Waals surface area contributed by atoms with E-state index in [-0.39, 0.29) is 24.7 Å². The summed E-state index contributed by atoms with van der Waals surface area (Å²) >= 11 is 0. The maximum Gasteiger partial charge on any atom is 0.341 e. The highest BCUT2D eigenvalue weighted by Gasteiger charge is 2.12. The van der Waals surface area contributed by atoms with Crippen molar-refractivity contribution >= 4 is 22.9 Å². The van der Waals surface area contributed by atoms with E-state index in [1.54, 1.807) is 19.2 Å². The van der Waals surface area contributed by atoms with Crippen LogP contribution in [0.3, 0.4) is 0 Å². The van der Waals surface area contributed by atoms with Crippen molar-refractivity contribution in [3.8, 4) is 5.75 Å². The summed E-state index contributed by atoms with van der Waals surface area (Å²) in [4.78, 5) is 35.1. The van der Waals surface area contributed by atoms with Crippen molar-refractivity contribution in [2.45, 2.75) is 13.0 Å². The number of carboxylic acids is 1. The molecular weight excluding hydrogens is 362 g/mol. The van der Waals surface area contributed by atoms with Crippen LogP contribution in [0.2, 0.25) is 0 Å². The van der Waals surface area contributed by atoms with Crippen LogP contribution in [0.4, 0.5) is 0 Å². The molecule has 8 heteroatoms. The molecule has 0 saturated heterocycles. The van der Waals surface area contributed by atoms with Crippen LogP contribution in [0.5, 0.6) is 5.75 Å². The molecule has 0 atom stereocenters. The van der Waals surface area contributed by atoms with Gasteiger partial charge >= 0.3 is 11.7 Å². The molecule has 28 heavy (non-hydrogen) atoms. The lowest BCUT2D eigenvalue weighted by atomic mass is 10.1. The van der Waals surface area contributed by atoms with Gasteiger partial charge in [-0.15, -0.1) is 0 Å². The van der Waals surface area contributed by atoms with E-state index in [2.05, 4.69) is 5.32 Å². The van der Waals surface area contributed by atoms with E-state index in [0.29, 0.717) is 18.7 Å². The molecule has 2 aromatic carbocycles. The third kappa shape index (κ3) is 4.40. The summed E-state index contributed by atoms with van der Waals surface area (Å²) in [6, 6.07) is 14.4. The van der Waals surface area contributed by atoms with Crippen molar-refractivity contribution in [2.24, 2.45) is 7.05 Å². The molecule has 3 aromatic rings. The van der Waals surface area contributed by atoms with Gasteiger partial charge in [0.15, 0.2) is 6.61 Å². The highest BCUT2D eigenvalue weighted by atomic mass is 16.5. The van der Waals surface area contributed by atoms with E-state index in [9.17, 15) is 14.4 Å². The number of imidazole rings is 1. The Balaban J connectivity index is 1.53. The first kappa shape index (κ1) is 19.2. The molecule has 0 aliphatic rings. The van der Waals surface area contributed by atoms with Crippen LogP contribution < -0.4 is 15.7 Å². The molecule has 1 amide bonds. The van der Waals surface area contributed by atoms with Crippen LogP contribution in [0.15, 0.2) is 53.3 Å². The fourth-order valence-electron chi connectivity index (χ4n) is 2.96. The van der Waals surface area contributed by atoms with Crippen molar-refractivity contribution < 1.29 is 19.4 Å². The average molecular weight is 383 g/mol. The number of aliphatic carboxylic acids is 1. The van der Waals surface area contributed by atoms with E-state index in [1.165, 1.54) is 9.13 Å². The van der Waals surface area contributed by atoms with Crippen LogP contribution in [0.1, 0.15) is 5.56 Å². The van der Waals surface area contributed by atoms with E-state index < -0.39 is 5.97 Å². The Kier molecular flexibility index (Phi) is 5.78. The Morgan fingerprint density at radius 1 is 1.07 bits per heavy atom. The van der Waals surface area contributed by atoms with Crippen LogP contribution in [-0.4, -0.2) is 39.3 Å². The lowest BCUT2D eigenvalue weighted by molar-refractivity contribution is -0.139. The molecular formula is C20H21N3O5. The first-order chi connectivity index (χ1) is 13.5. The summed E-state index contributed by atoms with van der Waals surface area (Å²) in [7, 11) is 1.68. The Morgan fingerprint density at radius 2 is 1.75 bits per heavy atom. The molecule has 0 saturated carbocycles. The first-order valence-corrected chi connectivity index (χ1v) is 8.80. The fourth-order valence-corrected chi connectivity index (χ4v) is 2.96. The van der Waals surface area contributed by atoms with E-state index in [0.717, 1.165) is 16.6 Å². The lowest BCUT2D eigenvalue weighted by Gasteiger charge is -2.07. The zero-order chi connectivity index (χ0) is 20.1. The van der Waals surface area contributed by atoms with Gasteiger partial charge in [0, 0.05) is 13.6 Å². The zero-order valence-corrected chi connectivity index (χ0v) is 15.4. The number of nitrogens with one attached hydrogen (secondary N) is 1. The third-order valence-electron chi connectivity index (χ3n) is 4.37. The third-order valence-corrected chi connectivity index (χ3v) is 4.37. The van der Waals surface area contributed by atoms with Gasteiger partial charge in [-0.25, -0.2) is 9.59 Å². The molecule has 0 radical (unpaired) electrons. The van der Waals surface area contributed by atoms with Crippen LogP contribution in [-0.2, 0) is 29.6 Å². The van der Waals surface area contributed by atoms with E-state index >= 15 is 0 Å². The summed E-state index contributed by atoms with van der Waals surface area (Å²) in [5.74, 6) is -0.789. The standard InChI is InChI=1S/C20H21N3O5/c1-22-16-4-2-3-5-17(16)23(20(22)27)12-18(24)21-11-10-14-6-8-15(9-7-14)28-13-19(25)26/h2-9H,10-13H2,1H3,(H,21,24)(H,25,26). The summed E-state index contributed by atoms with van der Waals surface area (Å²) in [5, 5.41) is 11.4. The number of hydrogen-bond acceptors (Lipinski definition) is 4. The van der Waals surface area contributed by atoms with Gasteiger partial charge in [0.05, 0.1) is 11.0 Å². The number of nitrogens with zero attached hydrogens (tertiary/aromatic N) is 2. The summed E-state index contributed by atoms with van der Waals surface area (Å²) in [6.45, 7) is -0.00122. The number of aromatic nitrogens is 2. The molecule has 0 unspecified atom stereocenters. The Hall–Kier alpha value is -3.55. The van der Waals surface area contributed by atoms with Crippen molar-refractivity contribution in [3.63, 3.8) is 0 Å². The minimum atomic E-state index is -1.03. The average Bonchev–Trinajstić information content (AvgIpc) is 2.92. The predicted octanol–water partition coefficient (Wildman–Crippen LogP) is 1.16. The van der Waals surface area contributed by atoms with Crippen LogP contribution >= 0.6 is 0 Å². The second kappa shape index (κ2) is 8.43. The van der Waals surface area contributed by atoms with Gasteiger partial charge in [0.2, 0.25) is 5.91 Å². The number of aryl methyl sites for hydroxylation is 1. The molecule has 2 N–H and O–H groups in total. The number of carbonyl (C=O) groups is 2. The van der Waals surface area contributed by atoms with Gasteiger partial charge in [-0.1, -0.05) is 24.3 Å². The Bertz CT molecular complexity index is 1050. The maximum atomic E-state index is 12.3. The second-order valence-electron chi connectivity index (χ2n) is 6.34. The Morgan fingerprint density at radius 3 is 2.43 bits per heavy atom. The second-order valence-corrected chi connectivity index (χ2v) is 6.34.